The zero-order valence-electron chi connectivity index (χ0n) is 1.71. The SMILES string of the molecule is Cl.O=NO.[AlH3].[NaH]. The van der Waals surface area contributed by atoms with Gasteiger partial charge in [0.25, 0.3) is 0 Å². The molecule has 0 amide bonds. The third-order valence-electron chi connectivity index (χ3n) is 0. The Morgan fingerprint density at radius 3 is 1.50 bits per heavy atom. The number of halogens is 1. The van der Waals surface area contributed by atoms with Gasteiger partial charge in [-0.15, -0.1) is 17.3 Å². The number of hydrogen-bond acceptors (Lipinski definition) is 2. The second-order valence-corrected chi connectivity index (χ2v) is 0.0816. The van der Waals surface area contributed by atoms with Gasteiger partial charge >= 0.3 is 29.6 Å². The van der Waals surface area contributed by atoms with Gasteiger partial charge in [0.15, 0.2) is 22.7 Å². The fraction of sp³-hybridized carbons (Fsp3) is 0. The minimum absolute atomic E-state index is 0. The number of hydrogen-bond donors (Lipinski definition) is 1. The quantitative estimate of drug-likeness (QED) is 0.257. The van der Waals surface area contributed by atoms with Crippen molar-refractivity contribution < 1.29 is 5.21 Å². The Bertz CT molecular complexity index is 21.0. The number of nitrogens with zero attached hydrogens (tertiary/aromatic N) is 1. The van der Waals surface area contributed by atoms with Crippen molar-refractivity contribution in [2.75, 3.05) is 0 Å². The molecule has 0 bridgehead atoms. The van der Waals surface area contributed by atoms with Gasteiger partial charge in [-0.05, 0) is 0 Å². The van der Waals surface area contributed by atoms with Crippen LogP contribution in [-0.4, -0.2) is 52.1 Å². The van der Waals surface area contributed by atoms with Gasteiger partial charge in [0.2, 0.25) is 0 Å². The summed E-state index contributed by atoms with van der Waals surface area (Å²) in [5, 5.41) is 7.89. The molecule has 0 saturated carbocycles. The van der Waals surface area contributed by atoms with Crippen LogP contribution in [0.2, 0.25) is 0 Å². The first-order valence-corrected chi connectivity index (χ1v) is 0.383. The Hall–Kier alpha value is 1.22. The first-order chi connectivity index (χ1) is 1.41. The van der Waals surface area contributed by atoms with E-state index in [9.17, 15) is 0 Å². The summed E-state index contributed by atoms with van der Waals surface area (Å²) in [6.45, 7) is 0. The van der Waals surface area contributed by atoms with Crippen LogP contribution in [0, 0.1) is 4.91 Å². The van der Waals surface area contributed by atoms with E-state index in [2.05, 4.69) is 0 Å². The molecule has 0 aromatic carbocycles. The predicted molar refractivity (Wildman–Crippen MR) is 31.9 cm³/mol. The van der Waals surface area contributed by atoms with Crippen molar-refractivity contribution in [1.29, 1.82) is 0 Å². The van der Waals surface area contributed by atoms with Gasteiger partial charge < -0.3 is 5.21 Å². The second-order valence-electron chi connectivity index (χ2n) is 0.0816. The molecule has 1 N–H and O–H groups in total. The summed E-state index contributed by atoms with van der Waals surface area (Å²) in [4.78, 5) is 8.11. The van der Waals surface area contributed by atoms with E-state index in [1.54, 1.807) is 0 Å². The Morgan fingerprint density at radius 1 is 1.50 bits per heavy atom. The zero-order valence-corrected chi connectivity index (χ0v) is 2.53. The Balaban J connectivity index is -0.00000000667. The van der Waals surface area contributed by atoms with Gasteiger partial charge in [0, 0.05) is 0 Å². The van der Waals surface area contributed by atoms with Gasteiger partial charge in [-0.3, -0.25) is 0 Å². The zero-order chi connectivity index (χ0) is 2.71. The predicted octanol–water partition coefficient (Wildman–Crippen LogP) is -1.27. The molecule has 6 heavy (non-hydrogen) atoms. The van der Waals surface area contributed by atoms with Gasteiger partial charge in [-0.25, -0.2) is 0 Å². The fourth-order valence-electron chi connectivity index (χ4n) is 0. The van der Waals surface area contributed by atoms with E-state index in [1.165, 1.54) is 5.34 Å². The molecular weight excluding hydrogens is 131 g/mol. The average Bonchev–Trinajstić information content (AvgIpc) is 0.918. The van der Waals surface area contributed by atoms with E-state index < -0.39 is 0 Å². The summed E-state index contributed by atoms with van der Waals surface area (Å²) in [5.41, 5.74) is 0. The van der Waals surface area contributed by atoms with Crippen LogP contribution in [0.5, 0.6) is 0 Å². The first-order valence-electron chi connectivity index (χ1n) is 0.383. The molecule has 0 rings (SSSR count). The van der Waals surface area contributed by atoms with Crippen molar-refractivity contribution in [2.24, 2.45) is 5.34 Å². The van der Waals surface area contributed by atoms with Crippen LogP contribution >= 0.6 is 12.4 Å². The van der Waals surface area contributed by atoms with Crippen LogP contribution in [-0.2, 0) is 0 Å². The molecule has 0 unspecified atom stereocenters. The molecule has 0 aromatic heterocycles. The third-order valence-corrected chi connectivity index (χ3v) is 0. The van der Waals surface area contributed by atoms with Crippen LogP contribution in [0.25, 0.3) is 0 Å². The molecule has 0 saturated heterocycles. The Labute approximate surface area is 74.3 Å². The van der Waals surface area contributed by atoms with E-state index in [-0.39, 0.29) is 59.3 Å². The molecular formula is H6AlClNNaO2. The van der Waals surface area contributed by atoms with Crippen molar-refractivity contribution in [1.82, 2.24) is 0 Å². The van der Waals surface area contributed by atoms with E-state index in [0.717, 1.165) is 0 Å². The Kier molecular flexibility index (Phi) is 154. The van der Waals surface area contributed by atoms with Crippen LogP contribution in [0.15, 0.2) is 5.34 Å². The van der Waals surface area contributed by atoms with E-state index in [4.69, 9.17) is 10.1 Å². The Morgan fingerprint density at radius 2 is 1.50 bits per heavy atom. The van der Waals surface area contributed by atoms with Crippen molar-refractivity contribution in [3.63, 3.8) is 0 Å². The minimum atomic E-state index is 0. The molecule has 0 fully saturated rings. The second kappa shape index (κ2) is 34.4. The summed E-state index contributed by atoms with van der Waals surface area (Å²) in [6.07, 6.45) is 0. The molecule has 0 heterocycles. The van der Waals surface area contributed by atoms with Crippen LogP contribution < -0.4 is 0 Å². The van der Waals surface area contributed by atoms with E-state index in [1.807, 2.05) is 0 Å². The normalized spacial score (nSPS) is 2.00. The van der Waals surface area contributed by atoms with Crippen molar-refractivity contribution in [3.8, 4) is 0 Å². The van der Waals surface area contributed by atoms with Crippen LogP contribution in [0.1, 0.15) is 0 Å². The van der Waals surface area contributed by atoms with Crippen molar-refractivity contribution in [3.05, 3.63) is 4.91 Å². The van der Waals surface area contributed by atoms with Gasteiger partial charge in [0.1, 0.15) is 0 Å². The maximum atomic E-state index is 8.11. The summed E-state index contributed by atoms with van der Waals surface area (Å²) in [5.74, 6) is 0. The van der Waals surface area contributed by atoms with E-state index in [0.29, 0.717) is 0 Å². The summed E-state index contributed by atoms with van der Waals surface area (Å²) >= 11 is 0. The van der Waals surface area contributed by atoms with Gasteiger partial charge in [-0.2, -0.15) is 0 Å². The maximum absolute atomic E-state index is 8.11. The average molecular weight is 137 g/mol. The van der Waals surface area contributed by atoms with Gasteiger partial charge in [-0.1, -0.05) is 0 Å². The topological polar surface area (TPSA) is 49.7 Å². The molecule has 0 aromatic rings. The summed E-state index contributed by atoms with van der Waals surface area (Å²) in [7, 11) is 0. The number of rotatable bonds is 0. The molecule has 0 aliphatic carbocycles. The standard InChI is InChI=1S/Al.ClH.HNO2.Na.4H/c;;2-1-3;;;;;/h;1H;(H,2,3);;;;;. The molecule has 0 aliphatic heterocycles. The molecule has 0 atom stereocenters. The molecule has 0 aliphatic rings. The van der Waals surface area contributed by atoms with Crippen LogP contribution in [0.4, 0.5) is 0 Å². The molecule has 34 valence electrons. The molecule has 0 spiro atoms. The van der Waals surface area contributed by atoms with Crippen molar-refractivity contribution >= 4 is 59.3 Å². The monoisotopic (exact) mass is 137 g/mol. The fourth-order valence-corrected chi connectivity index (χ4v) is 0. The van der Waals surface area contributed by atoms with Crippen molar-refractivity contribution in [2.45, 2.75) is 0 Å². The molecule has 0 radical (unpaired) electrons. The molecule has 6 heteroatoms. The van der Waals surface area contributed by atoms with Gasteiger partial charge in [0.05, 0.1) is 0 Å². The first kappa shape index (κ1) is 26.9. The van der Waals surface area contributed by atoms with E-state index >= 15 is 0 Å². The summed E-state index contributed by atoms with van der Waals surface area (Å²) in [6, 6.07) is 0. The third kappa shape index (κ3) is 62.3. The molecule has 3 nitrogen and oxygen atoms in total. The van der Waals surface area contributed by atoms with Crippen LogP contribution in [0.3, 0.4) is 0 Å². The summed E-state index contributed by atoms with van der Waals surface area (Å²) < 4.78 is 0.